The Morgan fingerprint density at radius 2 is 1.81 bits per heavy atom. The largest absolute Gasteiger partial charge is 0.480 e. The Morgan fingerprint density at radius 3 is 2.49 bits per heavy atom. The summed E-state index contributed by atoms with van der Waals surface area (Å²) in [5, 5.41) is 9.41. The van der Waals surface area contributed by atoms with Gasteiger partial charge in [-0.15, -0.1) is 0 Å². The van der Waals surface area contributed by atoms with Crippen molar-refractivity contribution in [2.45, 2.75) is 45.6 Å². The fourth-order valence-corrected chi connectivity index (χ4v) is 4.84. The fourth-order valence-electron chi connectivity index (χ4n) is 4.84. The average Bonchev–Trinajstić information content (AvgIpc) is 2.89. The Kier molecular flexibility index (Phi) is 8.82. The first-order valence-electron chi connectivity index (χ1n) is 12.8. The molecular weight excluding hydrogens is 471 g/mol. The van der Waals surface area contributed by atoms with E-state index in [0.29, 0.717) is 35.1 Å². The van der Waals surface area contributed by atoms with Gasteiger partial charge in [0.05, 0.1) is 11.3 Å². The van der Waals surface area contributed by atoms with Crippen LogP contribution < -0.4 is 4.90 Å². The van der Waals surface area contributed by atoms with Gasteiger partial charge in [-0.1, -0.05) is 55.8 Å². The Bertz CT molecular complexity index is 1210. The number of aryl methyl sites for hydroxylation is 1. The number of benzene rings is 2. The molecule has 7 nitrogen and oxygen atoms in total. The van der Waals surface area contributed by atoms with Crippen molar-refractivity contribution < 1.29 is 19.1 Å². The maximum absolute atomic E-state index is 13.7. The Balaban J connectivity index is 1.48. The number of halogens is 1. The minimum Gasteiger partial charge on any atom is -0.480 e. The van der Waals surface area contributed by atoms with E-state index in [2.05, 4.69) is 34.1 Å². The molecule has 8 heteroatoms. The summed E-state index contributed by atoms with van der Waals surface area (Å²) in [7, 11) is 0. The monoisotopic (exact) mass is 504 g/mol. The third kappa shape index (κ3) is 7.12. The molecule has 0 saturated carbocycles. The lowest BCUT2D eigenvalue weighted by atomic mass is 9.90. The number of carboxylic acids is 1. The minimum atomic E-state index is -1.14. The van der Waals surface area contributed by atoms with E-state index in [1.54, 1.807) is 6.07 Å². The molecule has 0 aliphatic carbocycles. The molecule has 2 aromatic carbocycles. The summed E-state index contributed by atoms with van der Waals surface area (Å²) < 4.78 is 13.7. The summed E-state index contributed by atoms with van der Waals surface area (Å²) in [5.74, 6) is -0.830. The number of aromatic nitrogens is 2. The molecule has 1 amide bonds. The van der Waals surface area contributed by atoms with E-state index < -0.39 is 24.2 Å². The van der Waals surface area contributed by atoms with Gasteiger partial charge in [-0.2, -0.15) is 0 Å². The van der Waals surface area contributed by atoms with Crippen molar-refractivity contribution in [3.05, 3.63) is 89.0 Å². The number of carbonyl (C=O) groups excluding carboxylic acids is 1. The molecule has 37 heavy (non-hydrogen) atoms. The molecule has 0 atom stereocenters. The van der Waals surface area contributed by atoms with Gasteiger partial charge in [-0.25, -0.2) is 14.4 Å². The molecule has 1 N–H and O–H groups in total. The zero-order valence-electron chi connectivity index (χ0n) is 21.1. The lowest BCUT2D eigenvalue weighted by molar-refractivity contribution is -0.137. The van der Waals surface area contributed by atoms with Crippen molar-refractivity contribution in [2.24, 2.45) is 5.92 Å². The van der Waals surface area contributed by atoms with Crippen LogP contribution in [0, 0.1) is 11.7 Å². The molecule has 194 valence electrons. The number of rotatable bonds is 10. The first-order valence-corrected chi connectivity index (χ1v) is 12.8. The second-order valence-electron chi connectivity index (χ2n) is 9.59. The first kappa shape index (κ1) is 26.3. The maximum atomic E-state index is 13.7. The van der Waals surface area contributed by atoms with E-state index in [9.17, 15) is 19.1 Å². The average molecular weight is 505 g/mol. The fraction of sp³-hybridized carbons (Fsp3) is 0.379. The standard InChI is InChI=1S/C29H33FN4O3/c1-2-7-26-25(28(37)34(20-27(35)36)19-23-10-6-11-24(30)17-23)18-31-29(32-26)33-14-12-22(13-15-33)16-21-8-4-3-5-9-21/h3-6,8-11,17-18,22H,2,7,12-16,19-20H2,1H3,(H,35,36). The van der Waals surface area contributed by atoms with Crippen LogP contribution in [0.3, 0.4) is 0 Å². The van der Waals surface area contributed by atoms with Crippen LogP contribution in [0.4, 0.5) is 10.3 Å². The van der Waals surface area contributed by atoms with Gasteiger partial charge < -0.3 is 14.9 Å². The van der Waals surface area contributed by atoms with Crippen LogP contribution in [0.2, 0.25) is 0 Å². The number of amides is 1. The summed E-state index contributed by atoms with van der Waals surface area (Å²) in [6.07, 6.45) is 6.02. The zero-order chi connectivity index (χ0) is 26.2. The predicted molar refractivity (Wildman–Crippen MR) is 140 cm³/mol. The summed E-state index contributed by atoms with van der Waals surface area (Å²) in [5.41, 5.74) is 2.78. The number of piperidine rings is 1. The quantitative estimate of drug-likeness (QED) is 0.429. The summed E-state index contributed by atoms with van der Waals surface area (Å²) in [6, 6.07) is 16.3. The second kappa shape index (κ2) is 12.4. The van der Waals surface area contributed by atoms with Crippen molar-refractivity contribution in [2.75, 3.05) is 24.5 Å². The highest BCUT2D eigenvalue weighted by Gasteiger charge is 2.26. The van der Waals surface area contributed by atoms with Crippen LogP contribution >= 0.6 is 0 Å². The Labute approximate surface area is 217 Å². The number of carboxylic acid groups (broad SMARTS) is 1. The molecule has 1 aliphatic heterocycles. The summed E-state index contributed by atoms with van der Waals surface area (Å²) in [4.78, 5) is 37.6. The van der Waals surface area contributed by atoms with Gasteiger partial charge in [-0.05, 0) is 54.9 Å². The normalized spacial score (nSPS) is 13.9. The number of hydrogen-bond donors (Lipinski definition) is 1. The van der Waals surface area contributed by atoms with Crippen LogP contribution in [-0.2, 0) is 24.2 Å². The Morgan fingerprint density at radius 1 is 1.08 bits per heavy atom. The number of aliphatic carboxylic acids is 1. The molecule has 0 unspecified atom stereocenters. The Hall–Kier alpha value is -3.81. The van der Waals surface area contributed by atoms with Crippen molar-refractivity contribution in [1.82, 2.24) is 14.9 Å². The number of anilines is 1. The highest BCUT2D eigenvalue weighted by molar-refractivity contribution is 5.96. The van der Waals surface area contributed by atoms with Gasteiger partial charge in [0.15, 0.2) is 0 Å². The first-order chi connectivity index (χ1) is 17.9. The highest BCUT2D eigenvalue weighted by atomic mass is 19.1. The summed E-state index contributed by atoms with van der Waals surface area (Å²) in [6.45, 7) is 3.18. The molecule has 1 aromatic heterocycles. The second-order valence-corrected chi connectivity index (χ2v) is 9.59. The third-order valence-electron chi connectivity index (χ3n) is 6.71. The summed E-state index contributed by atoms with van der Waals surface area (Å²) >= 11 is 0. The molecule has 3 aromatic rings. The molecule has 1 saturated heterocycles. The van der Waals surface area contributed by atoms with Gasteiger partial charge in [0, 0.05) is 25.8 Å². The van der Waals surface area contributed by atoms with Crippen molar-refractivity contribution in [1.29, 1.82) is 0 Å². The number of carbonyl (C=O) groups is 2. The van der Waals surface area contributed by atoms with E-state index in [1.807, 2.05) is 13.0 Å². The van der Waals surface area contributed by atoms with E-state index in [4.69, 9.17) is 4.98 Å². The molecule has 0 radical (unpaired) electrons. The van der Waals surface area contributed by atoms with Gasteiger partial charge in [0.25, 0.3) is 5.91 Å². The molecule has 0 bridgehead atoms. The highest BCUT2D eigenvalue weighted by Crippen LogP contribution is 2.25. The SMILES string of the molecule is CCCc1nc(N2CCC(Cc3ccccc3)CC2)ncc1C(=O)N(CC(=O)O)Cc1cccc(F)c1. The lowest BCUT2D eigenvalue weighted by Gasteiger charge is -2.32. The molecule has 1 aliphatic rings. The minimum absolute atomic E-state index is 0.0227. The van der Waals surface area contributed by atoms with Crippen LogP contribution in [-0.4, -0.2) is 51.5 Å². The third-order valence-corrected chi connectivity index (χ3v) is 6.71. The number of hydrogen-bond acceptors (Lipinski definition) is 5. The topological polar surface area (TPSA) is 86.6 Å². The van der Waals surface area contributed by atoms with Gasteiger partial charge in [0.1, 0.15) is 12.4 Å². The molecular formula is C29H33FN4O3. The van der Waals surface area contributed by atoms with Crippen LogP contribution in [0.1, 0.15) is 53.4 Å². The maximum Gasteiger partial charge on any atom is 0.323 e. The van der Waals surface area contributed by atoms with Gasteiger partial charge in [0.2, 0.25) is 5.95 Å². The predicted octanol–water partition coefficient (Wildman–Crippen LogP) is 4.75. The lowest BCUT2D eigenvalue weighted by Crippen LogP contribution is -2.37. The van der Waals surface area contributed by atoms with Gasteiger partial charge in [-0.3, -0.25) is 9.59 Å². The van der Waals surface area contributed by atoms with E-state index in [1.165, 1.54) is 34.9 Å². The van der Waals surface area contributed by atoms with Crippen LogP contribution in [0.5, 0.6) is 0 Å². The molecule has 1 fully saturated rings. The van der Waals surface area contributed by atoms with E-state index >= 15 is 0 Å². The smallest absolute Gasteiger partial charge is 0.323 e. The number of nitrogens with zero attached hydrogens (tertiary/aromatic N) is 4. The molecule has 0 spiro atoms. The van der Waals surface area contributed by atoms with E-state index in [-0.39, 0.29) is 6.54 Å². The molecule has 2 heterocycles. The van der Waals surface area contributed by atoms with Gasteiger partial charge >= 0.3 is 5.97 Å². The molecule has 4 rings (SSSR count). The van der Waals surface area contributed by atoms with Crippen molar-refractivity contribution >= 4 is 17.8 Å². The van der Waals surface area contributed by atoms with Crippen molar-refractivity contribution in [3.8, 4) is 0 Å². The zero-order valence-corrected chi connectivity index (χ0v) is 21.1. The van der Waals surface area contributed by atoms with E-state index in [0.717, 1.165) is 38.8 Å². The van der Waals surface area contributed by atoms with Crippen LogP contribution in [0.15, 0.2) is 60.8 Å². The van der Waals surface area contributed by atoms with Crippen LogP contribution in [0.25, 0.3) is 0 Å². The van der Waals surface area contributed by atoms with Crippen molar-refractivity contribution in [3.63, 3.8) is 0 Å².